The van der Waals surface area contributed by atoms with E-state index >= 15 is 0 Å². The van der Waals surface area contributed by atoms with Crippen LogP contribution in [0.4, 0.5) is 0 Å². The van der Waals surface area contributed by atoms with E-state index in [4.69, 9.17) is 0 Å². The van der Waals surface area contributed by atoms with Gasteiger partial charge in [-0.15, -0.1) is 0 Å². The summed E-state index contributed by atoms with van der Waals surface area (Å²) < 4.78 is 5.11. The van der Waals surface area contributed by atoms with Crippen LogP contribution in [-0.4, -0.2) is 18.2 Å². The third-order valence-electron chi connectivity index (χ3n) is 2.58. The molecule has 2 aromatic rings. The van der Waals surface area contributed by atoms with Gasteiger partial charge >= 0.3 is 5.97 Å². The molecule has 0 aromatic heterocycles. The molecule has 0 aliphatic heterocycles. The van der Waals surface area contributed by atoms with Crippen molar-refractivity contribution in [1.82, 2.24) is 0 Å². The number of hydrogen-bond acceptors (Lipinski definition) is 3. The van der Waals surface area contributed by atoms with Crippen molar-refractivity contribution in [2.45, 2.75) is 0 Å². The second-order valence-electron chi connectivity index (χ2n) is 3.71. The van der Waals surface area contributed by atoms with Gasteiger partial charge in [0.15, 0.2) is 0 Å². The van der Waals surface area contributed by atoms with E-state index in [0.29, 0.717) is 4.47 Å². The van der Waals surface area contributed by atoms with Crippen LogP contribution in [0.15, 0.2) is 46.9 Å². The molecule has 18 heavy (non-hydrogen) atoms. The van der Waals surface area contributed by atoms with Crippen molar-refractivity contribution in [3.05, 3.63) is 52.5 Å². The van der Waals surface area contributed by atoms with E-state index in [0.717, 1.165) is 11.1 Å². The first-order valence-corrected chi connectivity index (χ1v) is 6.09. The smallest absolute Gasteiger partial charge is 0.341 e. The van der Waals surface area contributed by atoms with Gasteiger partial charge in [-0.2, -0.15) is 0 Å². The van der Waals surface area contributed by atoms with Crippen molar-refractivity contribution in [3.8, 4) is 16.9 Å². The third kappa shape index (κ3) is 2.38. The van der Waals surface area contributed by atoms with E-state index < -0.39 is 5.97 Å². The van der Waals surface area contributed by atoms with Crippen molar-refractivity contribution in [3.63, 3.8) is 0 Å². The first-order chi connectivity index (χ1) is 8.63. The van der Waals surface area contributed by atoms with E-state index in [-0.39, 0.29) is 11.3 Å². The monoisotopic (exact) mass is 306 g/mol. The number of carbonyl (C=O) groups is 1. The van der Waals surface area contributed by atoms with Crippen molar-refractivity contribution in [2.24, 2.45) is 0 Å². The van der Waals surface area contributed by atoms with Gasteiger partial charge < -0.3 is 9.84 Å². The summed E-state index contributed by atoms with van der Waals surface area (Å²) in [5.74, 6) is -0.674. The first kappa shape index (κ1) is 12.6. The Bertz CT molecular complexity index is 579. The van der Waals surface area contributed by atoms with Crippen LogP contribution in [0.3, 0.4) is 0 Å². The van der Waals surface area contributed by atoms with Crippen LogP contribution in [0.2, 0.25) is 0 Å². The highest BCUT2D eigenvalue weighted by molar-refractivity contribution is 9.10. The lowest BCUT2D eigenvalue weighted by atomic mass is 10.0. The van der Waals surface area contributed by atoms with Gasteiger partial charge in [0.1, 0.15) is 11.3 Å². The Morgan fingerprint density at radius 2 is 1.83 bits per heavy atom. The second-order valence-corrected chi connectivity index (χ2v) is 4.57. The molecule has 0 unspecified atom stereocenters. The average molecular weight is 307 g/mol. The van der Waals surface area contributed by atoms with Gasteiger partial charge in [0.2, 0.25) is 0 Å². The predicted molar refractivity (Wildman–Crippen MR) is 72.6 cm³/mol. The maximum absolute atomic E-state index is 11.6. The number of esters is 1. The Balaban J connectivity index is 2.58. The number of ether oxygens (including phenoxy) is 1. The number of rotatable bonds is 2. The molecule has 0 bridgehead atoms. The molecule has 0 saturated carbocycles. The van der Waals surface area contributed by atoms with Crippen molar-refractivity contribution < 1.29 is 14.6 Å². The van der Waals surface area contributed by atoms with Crippen molar-refractivity contribution in [2.75, 3.05) is 7.11 Å². The number of methoxy groups -OCH3 is 1. The zero-order chi connectivity index (χ0) is 13.1. The van der Waals surface area contributed by atoms with Gasteiger partial charge in [-0.3, -0.25) is 0 Å². The number of phenols is 1. The summed E-state index contributed by atoms with van der Waals surface area (Å²) in [6, 6.07) is 13.0. The molecule has 0 heterocycles. The van der Waals surface area contributed by atoms with Gasteiger partial charge in [0.25, 0.3) is 0 Å². The highest BCUT2D eigenvalue weighted by Gasteiger charge is 2.16. The third-order valence-corrected chi connectivity index (χ3v) is 3.18. The molecule has 0 fully saturated rings. The molecule has 1 N–H and O–H groups in total. The summed E-state index contributed by atoms with van der Waals surface area (Å²) in [6.07, 6.45) is 0. The lowest BCUT2D eigenvalue weighted by Gasteiger charge is -2.08. The van der Waals surface area contributed by atoms with E-state index in [1.54, 1.807) is 12.1 Å². The quantitative estimate of drug-likeness (QED) is 0.862. The predicted octanol–water partition coefficient (Wildman–Crippen LogP) is 3.61. The molecule has 92 valence electrons. The molecule has 0 saturated heterocycles. The van der Waals surface area contributed by atoms with Gasteiger partial charge in [-0.25, -0.2) is 4.79 Å². The fraction of sp³-hybridized carbons (Fsp3) is 0.0714. The Labute approximate surface area is 113 Å². The van der Waals surface area contributed by atoms with Crippen molar-refractivity contribution in [1.29, 1.82) is 0 Å². The van der Waals surface area contributed by atoms with Gasteiger partial charge in [0.05, 0.1) is 11.6 Å². The minimum atomic E-state index is -0.564. The molecule has 0 aliphatic carbocycles. The maximum Gasteiger partial charge on any atom is 0.341 e. The summed E-state index contributed by atoms with van der Waals surface area (Å²) >= 11 is 3.23. The highest BCUT2D eigenvalue weighted by atomic mass is 79.9. The Morgan fingerprint density at radius 1 is 1.17 bits per heavy atom. The number of phenolic OH excluding ortho intramolecular Hbond substituents is 1. The molecule has 0 amide bonds. The molecular formula is C14H11BrO3. The standard InChI is InChI=1S/C14H11BrO3/c1-18-14(17)11-7-10(8-12(15)13(11)16)9-5-3-2-4-6-9/h2-8,16H,1H3. The zero-order valence-corrected chi connectivity index (χ0v) is 11.3. The lowest BCUT2D eigenvalue weighted by Crippen LogP contribution is -2.02. The Morgan fingerprint density at radius 3 is 2.44 bits per heavy atom. The zero-order valence-electron chi connectivity index (χ0n) is 9.68. The van der Waals surface area contributed by atoms with Gasteiger partial charge in [-0.1, -0.05) is 30.3 Å². The van der Waals surface area contributed by atoms with Crippen LogP contribution in [0, 0.1) is 0 Å². The largest absolute Gasteiger partial charge is 0.506 e. The topological polar surface area (TPSA) is 46.5 Å². The summed E-state index contributed by atoms with van der Waals surface area (Å²) in [5.41, 5.74) is 1.94. The fourth-order valence-electron chi connectivity index (χ4n) is 1.66. The minimum absolute atomic E-state index is 0.110. The number of hydrogen-bond donors (Lipinski definition) is 1. The van der Waals surface area contributed by atoms with E-state index in [1.807, 2.05) is 30.3 Å². The van der Waals surface area contributed by atoms with Crippen LogP contribution >= 0.6 is 15.9 Å². The van der Waals surface area contributed by atoms with E-state index in [1.165, 1.54) is 7.11 Å². The van der Waals surface area contributed by atoms with Crippen molar-refractivity contribution >= 4 is 21.9 Å². The molecule has 0 atom stereocenters. The van der Waals surface area contributed by atoms with Crippen LogP contribution in [0.5, 0.6) is 5.75 Å². The summed E-state index contributed by atoms with van der Waals surface area (Å²) in [7, 11) is 1.28. The Hall–Kier alpha value is -1.81. The second kappa shape index (κ2) is 5.23. The van der Waals surface area contributed by atoms with Crippen LogP contribution < -0.4 is 0 Å². The summed E-state index contributed by atoms with van der Waals surface area (Å²) in [6.45, 7) is 0. The maximum atomic E-state index is 11.6. The summed E-state index contributed by atoms with van der Waals surface area (Å²) in [4.78, 5) is 11.6. The first-order valence-electron chi connectivity index (χ1n) is 5.29. The summed E-state index contributed by atoms with van der Waals surface area (Å²) in [5, 5.41) is 9.82. The molecule has 0 spiro atoms. The number of carbonyl (C=O) groups excluding carboxylic acids is 1. The fourth-order valence-corrected chi connectivity index (χ4v) is 2.12. The SMILES string of the molecule is COC(=O)c1cc(-c2ccccc2)cc(Br)c1O. The molecule has 0 aliphatic rings. The normalized spacial score (nSPS) is 10.1. The van der Waals surface area contributed by atoms with Crippen LogP contribution in [0.1, 0.15) is 10.4 Å². The average Bonchev–Trinajstić information content (AvgIpc) is 2.41. The van der Waals surface area contributed by atoms with E-state index in [2.05, 4.69) is 20.7 Å². The lowest BCUT2D eigenvalue weighted by molar-refractivity contribution is 0.0597. The molecule has 2 aromatic carbocycles. The molecule has 0 radical (unpaired) electrons. The number of benzene rings is 2. The molecule has 3 nitrogen and oxygen atoms in total. The van der Waals surface area contributed by atoms with Crippen LogP contribution in [-0.2, 0) is 4.74 Å². The Kier molecular flexibility index (Phi) is 3.67. The molecule has 2 rings (SSSR count). The van der Waals surface area contributed by atoms with E-state index in [9.17, 15) is 9.90 Å². The number of halogens is 1. The number of aromatic hydroxyl groups is 1. The minimum Gasteiger partial charge on any atom is -0.506 e. The molecular weight excluding hydrogens is 296 g/mol. The molecule has 4 heteroatoms. The van der Waals surface area contributed by atoms with Gasteiger partial charge in [-0.05, 0) is 39.2 Å². The highest BCUT2D eigenvalue weighted by Crippen LogP contribution is 2.34. The van der Waals surface area contributed by atoms with Crippen LogP contribution in [0.25, 0.3) is 11.1 Å². The van der Waals surface area contributed by atoms with Gasteiger partial charge in [0, 0.05) is 0 Å².